The number of nitrogens with zero attached hydrogens (tertiary/aromatic N) is 2. The molecule has 0 bridgehead atoms. The first kappa shape index (κ1) is 22.1. The molecular formula is C35H24N2O. The summed E-state index contributed by atoms with van der Waals surface area (Å²) >= 11 is 0. The summed E-state index contributed by atoms with van der Waals surface area (Å²) in [6.07, 6.45) is 3.61. The van der Waals surface area contributed by atoms with Crippen molar-refractivity contribution in [1.29, 1.82) is 0 Å². The maximum atomic E-state index is 6.18. The minimum absolute atomic E-state index is 0.786. The summed E-state index contributed by atoms with van der Waals surface area (Å²) in [5, 5.41) is 2.13. The molecule has 0 aliphatic rings. The Hall–Kier alpha value is -5.15. The standard InChI is InChI=1S/C35H24N2O/c1-3-8-25(9-4-1)27-14-18-29(19-15-27)37(30-20-16-28(17-21-30)26-10-5-2-6-11-26)32-12-7-13-33-35(32)31-22-23-36-24-34(31)38-33/h1-24H. The number of pyridine rings is 1. The number of benzene rings is 5. The van der Waals surface area contributed by atoms with Crippen LogP contribution in [0.3, 0.4) is 0 Å². The minimum atomic E-state index is 0.786. The molecule has 2 aromatic heterocycles. The molecule has 0 fully saturated rings. The van der Waals surface area contributed by atoms with E-state index in [2.05, 4.69) is 119 Å². The Morgan fingerprint density at radius 1 is 0.474 bits per heavy atom. The van der Waals surface area contributed by atoms with E-state index in [1.807, 2.05) is 30.5 Å². The van der Waals surface area contributed by atoms with E-state index in [1.165, 1.54) is 22.3 Å². The first-order chi connectivity index (χ1) is 18.8. The van der Waals surface area contributed by atoms with Gasteiger partial charge in [-0.1, -0.05) is 91.0 Å². The monoisotopic (exact) mass is 488 g/mol. The molecular weight excluding hydrogens is 464 g/mol. The number of anilines is 3. The van der Waals surface area contributed by atoms with Crippen LogP contribution in [0.2, 0.25) is 0 Å². The van der Waals surface area contributed by atoms with Crippen molar-refractivity contribution in [2.45, 2.75) is 0 Å². The highest BCUT2D eigenvalue weighted by Crippen LogP contribution is 2.43. The summed E-state index contributed by atoms with van der Waals surface area (Å²) < 4.78 is 6.18. The van der Waals surface area contributed by atoms with E-state index in [1.54, 1.807) is 6.20 Å². The number of hydrogen-bond donors (Lipinski definition) is 0. The Morgan fingerprint density at radius 3 is 1.61 bits per heavy atom. The molecule has 0 aliphatic carbocycles. The van der Waals surface area contributed by atoms with Gasteiger partial charge in [-0.2, -0.15) is 0 Å². The van der Waals surface area contributed by atoms with Gasteiger partial charge in [0.1, 0.15) is 5.58 Å². The lowest BCUT2D eigenvalue weighted by Gasteiger charge is -2.26. The van der Waals surface area contributed by atoms with E-state index < -0.39 is 0 Å². The van der Waals surface area contributed by atoms with Crippen molar-refractivity contribution < 1.29 is 4.42 Å². The predicted molar refractivity (Wildman–Crippen MR) is 157 cm³/mol. The van der Waals surface area contributed by atoms with Crippen LogP contribution in [0.25, 0.3) is 44.2 Å². The van der Waals surface area contributed by atoms with Gasteiger partial charge in [-0.25, -0.2) is 0 Å². The maximum Gasteiger partial charge on any atom is 0.153 e. The molecule has 180 valence electrons. The average molecular weight is 489 g/mol. The van der Waals surface area contributed by atoms with Crippen molar-refractivity contribution in [1.82, 2.24) is 4.98 Å². The lowest BCUT2D eigenvalue weighted by Crippen LogP contribution is -2.10. The second kappa shape index (κ2) is 9.38. The summed E-state index contributed by atoms with van der Waals surface area (Å²) in [6.45, 7) is 0. The van der Waals surface area contributed by atoms with Crippen LogP contribution in [0.4, 0.5) is 17.1 Å². The number of hydrogen-bond acceptors (Lipinski definition) is 3. The summed E-state index contributed by atoms with van der Waals surface area (Å²) in [7, 11) is 0. The average Bonchev–Trinajstić information content (AvgIpc) is 3.38. The van der Waals surface area contributed by atoms with Crippen molar-refractivity contribution in [2.24, 2.45) is 0 Å². The van der Waals surface area contributed by atoms with Crippen molar-refractivity contribution in [2.75, 3.05) is 4.90 Å². The van der Waals surface area contributed by atoms with Crippen LogP contribution in [-0.2, 0) is 0 Å². The van der Waals surface area contributed by atoms with E-state index in [4.69, 9.17) is 4.42 Å². The van der Waals surface area contributed by atoms with E-state index >= 15 is 0 Å². The van der Waals surface area contributed by atoms with Gasteiger partial charge in [0.25, 0.3) is 0 Å². The third kappa shape index (κ3) is 3.91. The van der Waals surface area contributed by atoms with Crippen LogP contribution in [0.15, 0.2) is 150 Å². The molecule has 7 rings (SSSR count). The third-order valence-corrected chi connectivity index (χ3v) is 6.98. The molecule has 0 amide bonds. The Morgan fingerprint density at radius 2 is 1.03 bits per heavy atom. The molecule has 3 nitrogen and oxygen atoms in total. The smallest absolute Gasteiger partial charge is 0.153 e. The van der Waals surface area contributed by atoms with Gasteiger partial charge in [-0.3, -0.25) is 4.98 Å². The van der Waals surface area contributed by atoms with Gasteiger partial charge in [0, 0.05) is 23.0 Å². The van der Waals surface area contributed by atoms with E-state index in [0.29, 0.717) is 0 Å². The number of aromatic nitrogens is 1. The lowest BCUT2D eigenvalue weighted by molar-refractivity contribution is 0.667. The minimum Gasteiger partial charge on any atom is -0.454 e. The van der Waals surface area contributed by atoms with Gasteiger partial charge in [-0.05, 0) is 64.7 Å². The van der Waals surface area contributed by atoms with E-state index in [0.717, 1.165) is 39.0 Å². The van der Waals surface area contributed by atoms with Gasteiger partial charge in [0.2, 0.25) is 0 Å². The van der Waals surface area contributed by atoms with Gasteiger partial charge in [-0.15, -0.1) is 0 Å². The van der Waals surface area contributed by atoms with Crippen molar-refractivity contribution in [3.63, 3.8) is 0 Å². The second-order valence-electron chi connectivity index (χ2n) is 9.29. The molecule has 0 saturated carbocycles. The molecule has 0 radical (unpaired) electrons. The first-order valence-electron chi connectivity index (χ1n) is 12.7. The van der Waals surface area contributed by atoms with Crippen molar-refractivity contribution >= 4 is 39.0 Å². The number of fused-ring (bicyclic) bond motifs is 3. The van der Waals surface area contributed by atoms with Crippen molar-refractivity contribution in [3.05, 3.63) is 146 Å². The summed E-state index contributed by atoms with van der Waals surface area (Å²) in [4.78, 5) is 6.58. The molecule has 5 aromatic carbocycles. The molecule has 0 atom stereocenters. The summed E-state index contributed by atoms with van der Waals surface area (Å²) in [5.41, 5.74) is 9.62. The number of furan rings is 1. The zero-order valence-electron chi connectivity index (χ0n) is 20.7. The fraction of sp³-hybridized carbons (Fsp3) is 0. The highest BCUT2D eigenvalue weighted by Gasteiger charge is 2.19. The Kier molecular flexibility index (Phi) is 5.45. The molecule has 2 heterocycles. The predicted octanol–water partition coefficient (Wildman–Crippen LogP) is 9.78. The largest absolute Gasteiger partial charge is 0.454 e. The summed E-state index contributed by atoms with van der Waals surface area (Å²) in [5.74, 6) is 0. The van der Waals surface area contributed by atoms with Crippen LogP contribution in [0.5, 0.6) is 0 Å². The summed E-state index contributed by atoms with van der Waals surface area (Å²) in [6, 6.07) is 46.7. The normalized spacial score (nSPS) is 11.2. The molecule has 0 N–H and O–H groups in total. The Bertz CT molecular complexity index is 1760. The number of rotatable bonds is 5. The molecule has 0 spiro atoms. The van der Waals surface area contributed by atoms with Gasteiger partial charge in [0.15, 0.2) is 5.58 Å². The molecule has 0 unspecified atom stereocenters. The zero-order chi connectivity index (χ0) is 25.3. The Balaban J connectivity index is 1.40. The van der Waals surface area contributed by atoms with Crippen LogP contribution < -0.4 is 4.90 Å². The van der Waals surface area contributed by atoms with E-state index in [9.17, 15) is 0 Å². The Labute approximate surface area is 221 Å². The van der Waals surface area contributed by atoms with Crippen LogP contribution in [-0.4, -0.2) is 4.98 Å². The zero-order valence-corrected chi connectivity index (χ0v) is 20.7. The quantitative estimate of drug-likeness (QED) is 0.241. The highest BCUT2D eigenvalue weighted by molar-refractivity contribution is 6.13. The molecule has 3 heteroatoms. The topological polar surface area (TPSA) is 29.3 Å². The molecule has 7 aromatic rings. The third-order valence-electron chi connectivity index (χ3n) is 6.98. The SMILES string of the molecule is c1ccc(-c2ccc(N(c3ccc(-c4ccccc4)cc3)c3cccc4oc5cnccc5c34)cc2)cc1. The van der Waals surface area contributed by atoms with Crippen LogP contribution in [0.1, 0.15) is 0 Å². The molecule has 38 heavy (non-hydrogen) atoms. The van der Waals surface area contributed by atoms with Gasteiger partial charge >= 0.3 is 0 Å². The maximum absolute atomic E-state index is 6.18. The lowest BCUT2D eigenvalue weighted by atomic mass is 10.0. The van der Waals surface area contributed by atoms with Crippen molar-refractivity contribution in [3.8, 4) is 22.3 Å². The van der Waals surface area contributed by atoms with Gasteiger partial charge < -0.3 is 9.32 Å². The fourth-order valence-corrected chi connectivity index (χ4v) is 5.14. The highest BCUT2D eigenvalue weighted by atomic mass is 16.3. The van der Waals surface area contributed by atoms with Crippen LogP contribution >= 0.6 is 0 Å². The van der Waals surface area contributed by atoms with Crippen LogP contribution in [0, 0.1) is 0 Å². The second-order valence-corrected chi connectivity index (χ2v) is 9.29. The van der Waals surface area contributed by atoms with Gasteiger partial charge in [0.05, 0.1) is 17.3 Å². The van der Waals surface area contributed by atoms with E-state index in [-0.39, 0.29) is 0 Å². The molecule has 0 saturated heterocycles. The first-order valence-corrected chi connectivity index (χ1v) is 12.7. The fourth-order valence-electron chi connectivity index (χ4n) is 5.14. The molecule has 0 aliphatic heterocycles.